The standard InChI is InChI=1S/C34H50O16/c1-12(2)13(3)7-19(37)49-25-27-33-11-46-34(27,31(44)45-6)28(42)23(41)26(33)32(5)9-16(36)24(14(4)15(32)8-18(33)48-29(25)43)50-30-22(40)21(39)20(38)17(10-35)47-30/h12-15,17-18,20-28,30,35,38-42H,7-11H2,1-6H3/t13?,14?,15-,17+,18+,20+,21-,22+,23?,24?,25+,26+,27+,28-,30-,32-,33+,34+/m0/s1. The molecule has 0 aromatic heterocycles. The van der Waals surface area contributed by atoms with Crippen LogP contribution in [0.4, 0.5) is 0 Å². The molecule has 6 N–H and O–H groups in total. The minimum Gasteiger partial charge on any atom is -0.467 e. The molecule has 2 bridgehead atoms. The maximum Gasteiger partial charge on any atom is 0.348 e. The lowest BCUT2D eigenvalue weighted by molar-refractivity contribution is -0.323. The molecular formula is C34H50O16. The highest BCUT2D eigenvalue weighted by Gasteiger charge is 2.85. The Morgan fingerprint density at radius 3 is 2.28 bits per heavy atom. The molecule has 3 saturated carbocycles. The van der Waals surface area contributed by atoms with E-state index < -0.39 is 132 Å². The van der Waals surface area contributed by atoms with E-state index in [9.17, 15) is 49.8 Å². The predicted octanol–water partition coefficient (Wildman–Crippen LogP) is -1.78. The summed E-state index contributed by atoms with van der Waals surface area (Å²) in [6.45, 7) is 8.25. The highest BCUT2D eigenvalue weighted by Crippen LogP contribution is 2.73. The number of rotatable bonds is 8. The average Bonchev–Trinajstić information content (AvgIpc) is 3.37. The molecule has 282 valence electrons. The van der Waals surface area contributed by atoms with E-state index >= 15 is 0 Å². The van der Waals surface area contributed by atoms with E-state index in [0.717, 1.165) is 7.11 Å². The molecule has 4 unspecified atom stereocenters. The van der Waals surface area contributed by atoms with Gasteiger partial charge in [0.05, 0.1) is 32.3 Å². The van der Waals surface area contributed by atoms with Crippen molar-refractivity contribution >= 4 is 23.7 Å². The first-order valence-corrected chi connectivity index (χ1v) is 17.4. The number of aliphatic hydroxyl groups excluding tert-OH is 6. The number of carbonyl (C=O) groups is 4. The average molecular weight is 715 g/mol. The quantitative estimate of drug-likeness (QED) is 0.0925. The number of aliphatic hydroxyl groups is 6. The highest BCUT2D eigenvalue weighted by molar-refractivity contribution is 5.88. The first kappa shape index (κ1) is 37.5. The largest absolute Gasteiger partial charge is 0.467 e. The predicted molar refractivity (Wildman–Crippen MR) is 164 cm³/mol. The number of ketones is 1. The molecule has 3 heterocycles. The van der Waals surface area contributed by atoms with Gasteiger partial charge in [0.1, 0.15) is 42.7 Å². The third-order valence-corrected chi connectivity index (χ3v) is 13.2. The van der Waals surface area contributed by atoms with Crippen LogP contribution >= 0.6 is 0 Å². The van der Waals surface area contributed by atoms with Crippen LogP contribution in [-0.4, -0.2) is 141 Å². The van der Waals surface area contributed by atoms with Gasteiger partial charge in [-0.3, -0.25) is 9.59 Å². The molecule has 16 nitrogen and oxygen atoms in total. The van der Waals surface area contributed by atoms with Crippen molar-refractivity contribution in [1.82, 2.24) is 0 Å². The van der Waals surface area contributed by atoms with Crippen molar-refractivity contribution in [2.45, 2.75) is 121 Å². The van der Waals surface area contributed by atoms with Crippen LogP contribution in [0.5, 0.6) is 0 Å². The van der Waals surface area contributed by atoms with Gasteiger partial charge in [-0.1, -0.05) is 34.6 Å². The van der Waals surface area contributed by atoms with Crippen molar-refractivity contribution in [2.75, 3.05) is 20.3 Å². The number of hydrogen-bond acceptors (Lipinski definition) is 16. The van der Waals surface area contributed by atoms with E-state index in [2.05, 4.69) is 0 Å². The second kappa shape index (κ2) is 13.0. The smallest absolute Gasteiger partial charge is 0.348 e. The van der Waals surface area contributed by atoms with Crippen LogP contribution in [0.3, 0.4) is 0 Å². The lowest BCUT2D eigenvalue weighted by atomic mass is 9.37. The van der Waals surface area contributed by atoms with Crippen molar-refractivity contribution in [3.63, 3.8) is 0 Å². The number of Topliss-reactive ketones (excluding diaryl/α,β-unsaturated/α-hetero) is 1. The SMILES string of the molecule is COC(=O)[C@]12OC[C@]34[C@H](C(O)[C@@H]1O)[C@@]1(C)CC(=O)C(O[C@@H]5O[C@H](CO)[C@@H](O)[C@H](O)[C@H]5O)C(C)[C@@H]1C[C@H]3OC(=O)[C@H](OC(=O)CC(C)C(C)C)[C@@H]24. The second-order valence-corrected chi connectivity index (χ2v) is 15.9. The lowest BCUT2D eigenvalue weighted by Gasteiger charge is -2.68. The van der Waals surface area contributed by atoms with Gasteiger partial charge in [-0.25, -0.2) is 9.59 Å². The normalized spacial score (nSPS) is 50.2. The third kappa shape index (κ3) is 5.11. The first-order valence-electron chi connectivity index (χ1n) is 17.4. The Hall–Kier alpha value is -2.28. The summed E-state index contributed by atoms with van der Waals surface area (Å²) in [6.07, 6.45) is -15.7. The number of methoxy groups -OCH3 is 1. The molecule has 0 amide bonds. The zero-order chi connectivity index (χ0) is 36.8. The summed E-state index contributed by atoms with van der Waals surface area (Å²) < 4.78 is 34.7. The zero-order valence-electron chi connectivity index (χ0n) is 29.0. The molecule has 3 saturated heterocycles. The van der Waals surface area contributed by atoms with Gasteiger partial charge in [0, 0.05) is 24.2 Å². The number of hydrogen-bond donors (Lipinski definition) is 6. The maximum absolute atomic E-state index is 14.1. The van der Waals surface area contributed by atoms with Gasteiger partial charge in [0.2, 0.25) is 11.7 Å². The zero-order valence-corrected chi connectivity index (χ0v) is 29.0. The number of fused-ring (bicyclic) bond motifs is 2. The summed E-state index contributed by atoms with van der Waals surface area (Å²) in [7, 11) is 1.08. The van der Waals surface area contributed by atoms with Crippen LogP contribution in [0.25, 0.3) is 0 Å². The summed E-state index contributed by atoms with van der Waals surface area (Å²) >= 11 is 0. The van der Waals surface area contributed by atoms with Gasteiger partial charge < -0.3 is 59.1 Å². The minimum atomic E-state index is -2.29. The molecule has 18 atom stereocenters. The fourth-order valence-electron chi connectivity index (χ4n) is 10.4. The molecular weight excluding hydrogens is 664 g/mol. The molecule has 6 rings (SSSR count). The van der Waals surface area contributed by atoms with Gasteiger partial charge in [-0.15, -0.1) is 0 Å². The Balaban J connectivity index is 1.38. The van der Waals surface area contributed by atoms with Gasteiger partial charge in [-0.2, -0.15) is 0 Å². The second-order valence-electron chi connectivity index (χ2n) is 15.9. The van der Waals surface area contributed by atoms with Gasteiger partial charge in [0.25, 0.3) is 0 Å². The monoisotopic (exact) mass is 714 g/mol. The third-order valence-electron chi connectivity index (χ3n) is 13.2. The van der Waals surface area contributed by atoms with E-state index in [4.69, 9.17) is 28.4 Å². The van der Waals surface area contributed by atoms with E-state index in [1.165, 1.54) is 0 Å². The van der Waals surface area contributed by atoms with E-state index in [0.29, 0.717) is 0 Å². The Labute approximate surface area is 289 Å². The van der Waals surface area contributed by atoms with Gasteiger partial charge >= 0.3 is 17.9 Å². The Kier molecular flexibility index (Phi) is 9.73. The number of ether oxygens (including phenoxy) is 6. The van der Waals surface area contributed by atoms with E-state index in [1.54, 1.807) is 13.8 Å². The number of carbonyl (C=O) groups excluding carboxylic acids is 4. The van der Waals surface area contributed by atoms with Crippen molar-refractivity contribution in [3.8, 4) is 0 Å². The Bertz CT molecular complexity index is 1370. The van der Waals surface area contributed by atoms with E-state index in [-0.39, 0.29) is 37.7 Å². The van der Waals surface area contributed by atoms with Crippen LogP contribution < -0.4 is 0 Å². The summed E-state index contributed by atoms with van der Waals surface area (Å²) in [5.41, 5.74) is -4.81. The molecule has 6 aliphatic rings. The Morgan fingerprint density at radius 2 is 1.66 bits per heavy atom. The number of esters is 3. The fourth-order valence-corrected chi connectivity index (χ4v) is 10.4. The molecule has 1 spiro atoms. The van der Waals surface area contributed by atoms with Crippen LogP contribution in [-0.2, 0) is 47.6 Å². The van der Waals surface area contributed by atoms with Crippen molar-refractivity contribution in [1.29, 1.82) is 0 Å². The lowest BCUT2D eigenvalue weighted by Crippen LogP contribution is -2.80. The molecule has 0 aromatic carbocycles. The molecule has 50 heavy (non-hydrogen) atoms. The van der Waals surface area contributed by atoms with Crippen LogP contribution in [0, 0.1) is 46.3 Å². The van der Waals surface area contributed by atoms with Crippen LogP contribution in [0.15, 0.2) is 0 Å². The van der Waals surface area contributed by atoms with E-state index in [1.807, 2.05) is 20.8 Å². The molecule has 3 aliphatic heterocycles. The Morgan fingerprint density at radius 1 is 0.980 bits per heavy atom. The van der Waals surface area contributed by atoms with Crippen LogP contribution in [0.1, 0.15) is 53.9 Å². The van der Waals surface area contributed by atoms with Crippen molar-refractivity contribution in [3.05, 3.63) is 0 Å². The summed E-state index contributed by atoms with van der Waals surface area (Å²) in [6, 6.07) is 0. The first-order chi connectivity index (χ1) is 23.4. The topological polar surface area (TPSA) is 245 Å². The fraction of sp³-hybridized carbons (Fsp3) is 0.882. The van der Waals surface area contributed by atoms with Gasteiger partial charge in [-0.05, 0) is 35.5 Å². The van der Waals surface area contributed by atoms with Crippen LogP contribution in [0.2, 0.25) is 0 Å². The molecule has 16 heteroatoms. The summed E-state index contributed by atoms with van der Waals surface area (Å²) in [4.78, 5) is 54.8. The van der Waals surface area contributed by atoms with Crippen molar-refractivity contribution in [2.24, 2.45) is 46.3 Å². The molecule has 6 fully saturated rings. The highest BCUT2D eigenvalue weighted by atomic mass is 16.7. The summed E-state index contributed by atoms with van der Waals surface area (Å²) in [5.74, 6) is -6.73. The molecule has 3 aliphatic carbocycles. The maximum atomic E-state index is 14.1. The minimum absolute atomic E-state index is 0.0348. The molecule has 0 radical (unpaired) electrons. The van der Waals surface area contributed by atoms with Crippen molar-refractivity contribution < 1.29 is 78.2 Å². The molecule has 0 aromatic rings. The summed E-state index contributed by atoms with van der Waals surface area (Å²) in [5, 5.41) is 64.7. The van der Waals surface area contributed by atoms with Gasteiger partial charge in [0.15, 0.2) is 12.1 Å².